The molecule has 0 aliphatic carbocycles. The van der Waals surface area contributed by atoms with E-state index in [1.54, 1.807) is 49.4 Å². The van der Waals surface area contributed by atoms with E-state index in [2.05, 4.69) is 0 Å². The van der Waals surface area contributed by atoms with Crippen LogP contribution in [0.3, 0.4) is 0 Å². The molecule has 0 saturated carbocycles. The molecule has 0 radical (unpaired) electrons. The van der Waals surface area contributed by atoms with Gasteiger partial charge in [-0.25, -0.2) is 0 Å². The molecule has 1 fully saturated rings. The Hall–Kier alpha value is -3.68. The molecule has 0 unspecified atom stereocenters. The standard InChI is InChI=1S/C23H23N3O5/c1-2-31-23(28)16-12-14-24(15-13-16)20-18-10-6-7-11-19(18)25(17-8-4-3-5-9-17)22(27)21(20)26(29)30/h3-11,16H,2,12-15H2,1H3. The molecule has 8 heteroatoms. The molecular formula is C23H23N3O5. The second kappa shape index (κ2) is 8.59. The van der Waals surface area contributed by atoms with Crippen molar-refractivity contribution in [2.24, 2.45) is 5.92 Å². The minimum absolute atomic E-state index is 0.230. The molecule has 2 heterocycles. The van der Waals surface area contributed by atoms with E-state index in [-0.39, 0.29) is 11.9 Å². The summed E-state index contributed by atoms with van der Waals surface area (Å²) < 4.78 is 6.51. The molecule has 1 aliphatic heterocycles. The van der Waals surface area contributed by atoms with Gasteiger partial charge in [-0.15, -0.1) is 0 Å². The summed E-state index contributed by atoms with van der Waals surface area (Å²) in [7, 11) is 0. The van der Waals surface area contributed by atoms with Gasteiger partial charge in [0.15, 0.2) is 0 Å². The first-order valence-electron chi connectivity index (χ1n) is 10.3. The molecule has 1 aliphatic rings. The lowest BCUT2D eigenvalue weighted by Gasteiger charge is -2.33. The van der Waals surface area contributed by atoms with Crippen molar-refractivity contribution in [3.05, 3.63) is 75.1 Å². The van der Waals surface area contributed by atoms with Gasteiger partial charge in [0.25, 0.3) is 0 Å². The van der Waals surface area contributed by atoms with Crippen molar-refractivity contribution in [1.29, 1.82) is 0 Å². The van der Waals surface area contributed by atoms with Gasteiger partial charge in [0.1, 0.15) is 5.69 Å². The summed E-state index contributed by atoms with van der Waals surface area (Å²) in [5, 5.41) is 12.7. The fourth-order valence-corrected chi connectivity index (χ4v) is 4.23. The first-order valence-corrected chi connectivity index (χ1v) is 10.3. The van der Waals surface area contributed by atoms with Crippen molar-refractivity contribution in [3.8, 4) is 5.69 Å². The first-order chi connectivity index (χ1) is 15.0. The van der Waals surface area contributed by atoms with Gasteiger partial charge in [0.2, 0.25) is 0 Å². The molecule has 0 N–H and O–H groups in total. The lowest BCUT2D eigenvalue weighted by atomic mass is 9.96. The van der Waals surface area contributed by atoms with E-state index in [4.69, 9.17) is 4.74 Å². The summed E-state index contributed by atoms with van der Waals surface area (Å²) >= 11 is 0. The van der Waals surface area contributed by atoms with Gasteiger partial charge in [0.05, 0.1) is 23.0 Å². The van der Waals surface area contributed by atoms with Crippen LogP contribution in [-0.4, -0.2) is 35.2 Å². The molecule has 2 aromatic carbocycles. The third-order valence-corrected chi connectivity index (χ3v) is 5.66. The quantitative estimate of drug-likeness (QED) is 0.354. The first kappa shape index (κ1) is 20.6. The Labute approximate surface area is 178 Å². The SMILES string of the molecule is CCOC(=O)C1CCN(c2c([N+](=O)[O-])c(=O)n(-c3ccccc3)c3ccccc23)CC1. The molecule has 4 rings (SSSR count). The van der Waals surface area contributed by atoms with E-state index in [9.17, 15) is 19.7 Å². The smallest absolute Gasteiger partial charge is 0.358 e. The molecule has 0 spiro atoms. The van der Waals surface area contributed by atoms with Crippen molar-refractivity contribution in [2.45, 2.75) is 19.8 Å². The summed E-state index contributed by atoms with van der Waals surface area (Å²) in [6, 6.07) is 16.1. The fraction of sp³-hybridized carbons (Fsp3) is 0.304. The van der Waals surface area contributed by atoms with Crippen LogP contribution in [0.2, 0.25) is 0 Å². The highest BCUT2D eigenvalue weighted by Crippen LogP contribution is 2.36. The number of aromatic nitrogens is 1. The number of rotatable bonds is 5. The summed E-state index contributed by atoms with van der Waals surface area (Å²) in [4.78, 5) is 38.8. The molecular weight excluding hydrogens is 398 g/mol. The van der Waals surface area contributed by atoms with Crippen LogP contribution >= 0.6 is 0 Å². The third kappa shape index (κ3) is 3.76. The van der Waals surface area contributed by atoms with Gasteiger partial charge < -0.3 is 9.64 Å². The van der Waals surface area contributed by atoms with Crippen LogP contribution in [0.5, 0.6) is 0 Å². The van der Waals surface area contributed by atoms with Crippen LogP contribution in [0.25, 0.3) is 16.6 Å². The molecule has 1 saturated heterocycles. The Morgan fingerprint density at radius 1 is 1.10 bits per heavy atom. The van der Waals surface area contributed by atoms with Crippen LogP contribution in [0.15, 0.2) is 59.4 Å². The Kier molecular flexibility index (Phi) is 5.70. The van der Waals surface area contributed by atoms with Gasteiger partial charge >= 0.3 is 17.2 Å². The Morgan fingerprint density at radius 3 is 2.39 bits per heavy atom. The van der Waals surface area contributed by atoms with E-state index >= 15 is 0 Å². The molecule has 0 atom stereocenters. The van der Waals surface area contributed by atoms with Gasteiger partial charge in [-0.2, -0.15) is 0 Å². The second-order valence-electron chi connectivity index (χ2n) is 7.46. The van der Waals surface area contributed by atoms with Crippen molar-refractivity contribution in [3.63, 3.8) is 0 Å². The highest BCUT2D eigenvalue weighted by Gasteiger charge is 2.33. The van der Waals surface area contributed by atoms with Crippen LogP contribution in [0.1, 0.15) is 19.8 Å². The molecule has 0 amide bonds. The lowest BCUT2D eigenvalue weighted by molar-refractivity contribution is -0.385. The Morgan fingerprint density at radius 2 is 1.74 bits per heavy atom. The maximum Gasteiger partial charge on any atom is 0.358 e. The number of nitro groups is 1. The van der Waals surface area contributed by atoms with Crippen LogP contribution in [-0.2, 0) is 9.53 Å². The number of benzene rings is 2. The predicted molar refractivity (Wildman–Crippen MR) is 118 cm³/mol. The third-order valence-electron chi connectivity index (χ3n) is 5.66. The minimum atomic E-state index is -0.669. The van der Waals surface area contributed by atoms with Crippen molar-refractivity contribution >= 4 is 28.2 Å². The molecule has 160 valence electrons. The van der Waals surface area contributed by atoms with Crippen molar-refractivity contribution < 1.29 is 14.5 Å². The highest BCUT2D eigenvalue weighted by atomic mass is 16.6. The zero-order valence-corrected chi connectivity index (χ0v) is 17.2. The highest BCUT2D eigenvalue weighted by molar-refractivity contribution is 5.97. The lowest BCUT2D eigenvalue weighted by Crippen LogP contribution is -2.38. The number of ether oxygens (including phenoxy) is 1. The summed E-state index contributed by atoms with van der Waals surface area (Å²) in [5.74, 6) is -0.466. The van der Waals surface area contributed by atoms with Gasteiger partial charge in [0, 0.05) is 24.2 Å². The fourth-order valence-electron chi connectivity index (χ4n) is 4.23. The maximum atomic E-state index is 13.4. The van der Waals surface area contributed by atoms with E-state index in [0.717, 1.165) is 0 Å². The van der Waals surface area contributed by atoms with Gasteiger partial charge in [-0.1, -0.05) is 36.4 Å². The van der Waals surface area contributed by atoms with Gasteiger partial charge in [-0.05, 0) is 38.0 Å². The number of fused-ring (bicyclic) bond motifs is 1. The van der Waals surface area contributed by atoms with Crippen LogP contribution in [0, 0.1) is 16.0 Å². The number of carbonyl (C=O) groups excluding carboxylic acids is 1. The average molecular weight is 421 g/mol. The minimum Gasteiger partial charge on any atom is -0.466 e. The van der Waals surface area contributed by atoms with E-state index in [1.165, 1.54) is 4.57 Å². The summed E-state index contributed by atoms with van der Waals surface area (Å²) in [5.41, 5.74) is 0.376. The number of hydrogen-bond acceptors (Lipinski definition) is 6. The Bertz CT molecular complexity index is 1180. The summed E-state index contributed by atoms with van der Waals surface area (Å²) in [6.45, 7) is 2.96. The number of nitrogens with zero attached hydrogens (tertiary/aromatic N) is 3. The average Bonchev–Trinajstić information content (AvgIpc) is 2.79. The zero-order valence-electron chi connectivity index (χ0n) is 17.2. The second-order valence-corrected chi connectivity index (χ2v) is 7.46. The monoisotopic (exact) mass is 421 g/mol. The number of para-hydroxylation sites is 2. The zero-order chi connectivity index (χ0) is 22.0. The number of pyridine rings is 1. The number of piperidine rings is 1. The molecule has 8 nitrogen and oxygen atoms in total. The van der Waals surface area contributed by atoms with E-state index < -0.39 is 16.2 Å². The van der Waals surface area contributed by atoms with Crippen molar-refractivity contribution in [1.82, 2.24) is 4.57 Å². The predicted octanol–water partition coefficient (Wildman–Crippen LogP) is 3.68. The van der Waals surface area contributed by atoms with Gasteiger partial charge in [-0.3, -0.25) is 24.3 Å². The normalized spacial score (nSPS) is 14.5. The largest absolute Gasteiger partial charge is 0.466 e. The molecule has 1 aromatic heterocycles. The summed E-state index contributed by atoms with van der Waals surface area (Å²) in [6.07, 6.45) is 1.04. The molecule has 3 aromatic rings. The number of esters is 1. The maximum absolute atomic E-state index is 13.4. The van der Waals surface area contributed by atoms with Crippen molar-refractivity contribution in [2.75, 3.05) is 24.6 Å². The topological polar surface area (TPSA) is 94.7 Å². The molecule has 31 heavy (non-hydrogen) atoms. The number of anilines is 1. The Balaban J connectivity index is 1.86. The number of hydrogen-bond donors (Lipinski definition) is 0. The van der Waals surface area contributed by atoms with Crippen LogP contribution in [0.4, 0.5) is 11.4 Å². The van der Waals surface area contributed by atoms with E-state index in [1.807, 2.05) is 17.0 Å². The van der Waals surface area contributed by atoms with E-state index in [0.29, 0.717) is 54.8 Å². The van der Waals surface area contributed by atoms with Crippen LogP contribution < -0.4 is 10.5 Å². The molecule has 0 bridgehead atoms. The number of carbonyl (C=O) groups is 1.